The van der Waals surface area contributed by atoms with Crippen molar-refractivity contribution in [1.82, 2.24) is 9.97 Å². The second-order valence-electron chi connectivity index (χ2n) is 5.22. The summed E-state index contributed by atoms with van der Waals surface area (Å²) in [7, 11) is 1.43. The first-order chi connectivity index (χ1) is 12.6. The zero-order valence-electron chi connectivity index (χ0n) is 13.5. The highest BCUT2D eigenvalue weighted by atomic mass is 35.5. The minimum atomic E-state index is 0.161. The number of ether oxygens (including phenoxy) is 1. The van der Waals surface area contributed by atoms with Crippen molar-refractivity contribution in [3.8, 4) is 34.3 Å². The van der Waals surface area contributed by atoms with Crippen LogP contribution in [0.5, 0.6) is 5.88 Å². The molecule has 7 heteroatoms. The SMILES string of the molecule is COc1nc(-c2cccc(-c3ccnc(Cl)c3Cl)c2C#N)ccc1C=O. The summed E-state index contributed by atoms with van der Waals surface area (Å²) in [5.74, 6) is 0.191. The molecule has 0 aliphatic carbocycles. The van der Waals surface area contributed by atoms with Crippen LogP contribution in [0.4, 0.5) is 0 Å². The number of pyridine rings is 2. The number of benzene rings is 1. The van der Waals surface area contributed by atoms with E-state index < -0.39 is 0 Å². The molecule has 26 heavy (non-hydrogen) atoms. The molecule has 0 radical (unpaired) electrons. The van der Waals surface area contributed by atoms with Gasteiger partial charge in [-0.3, -0.25) is 4.79 Å². The Kier molecular flexibility index (Phi) is 5.17. The summed E-state index contributed by atoms with van der Waals surface area (Å²) in [5, 5.41) is 10.2. The maximum Gasteiger partial charge on any atom is 0.224 e. The fraction of sp³-hybridized carbons (Fsp3) is 0.0526. The normalized spacial score (nSPS) is 10.2. The molecule has 0 N–H and O–H groups in total. The van der Waals surface area contributed by atoms with Gasteiger partial charge in [-0.15, -0.1) is 0 Å². The highest BCUT2D eigenvalue weighted by Crippen LogP contribution is 2.37. The first-order valence-corrected chi connectivity index (χ1v) is 8.20. The van der Waals surface area contributed by atoms with Gasteiger partial charge in [0.25, 0.3) is 0 Å². The van der Waals surface area contributed by atoms with E-state index in [9.17, 15) is 10.1 Å². The van der Waals surface area contributed by atoms with Crippen LogP contribution in [0.25, 0.3) is 22.4 Å². The van der Waals surface area contributed by atoms with Crippen molar-refractivity contribution in [3.05, 3.63) is 63.9 Å². The highest BCUT2D eigenvalue weighted by molar-refractivity contribution is 6.43. The van der Waals surface area contributed by atoms with Crippen LogP contribution in [0.1, 0.15) is 15.9 Å². The lowest BCUT2D eigenvalue weighted by molar-refractivity contribution is 0.112. The number of hydrogen-bond donors (Lipinski definition) is 0. The molecule has 0 fully saturated rings. The van der Waals surface area contributed by atoms with Gasteiger partial charge in [0.1, 0.15) is 11.2 Å². The molecule has 0 amide bonds. The molecule has 0 aliphatic rings. The summed E-state index contributed by atoms with van der Waals surface area (Å²) >= 11 is 12.3. The van der Waals surface area contributed by atoms with Crippen molar-refractivity contribution in [2.45, 2.75) is 0 Å². The molecule has 0 aliphatic heterocycles. The molecule has 1 aromatic carbocycles. The first kappa shape index (κ1) is 17.9. The van der Waals surface area contributed by atoms with Gasteiger partial charge in [0.15, 0.2) is 6.29 Å². The van der Waals surface area contributed by atoms with Crippen LogP contribution in [0.2, 0.25) is 10.2 Å². The maximum atomic E-state index is 11.1. The van der Waals surface area contributed by atoms with Gasteiger partial charge in [-0.25, -0.2) is 9.97 Å². The zero-order valence-corrected chi connectivity index (χ0v) is 15.0. The number of nitriles is 1. The Hall–Kier alpha value is -2.94. The zero-order chi connectivity index (χ0) is 18.7. The molecule has 3 aromatic rings. The number of carbonyl (C=O) groups excluding carboxylic acids is 1. The van der Waals surface area contributed by atoms with Gasteiger partial charge >= 0.3 is 0 Å². The van der Waals surface area contributed by atoms with E-state index in [0.717, 1.165) is 0 Å². The Labute approximate surface area is 159 Å². The molecule has 0 unspecified atom stereocenters. The Morgan fingerprint density at radius 3 is 2.58 bits per heavy atom. The Morgan fingerprint density at radius 2 is 1.88 bits per heavy atom. The van der Waals surface area contributed by atoms with Crippen molar-refractivity contribution >= 4 is 29.5 Å². The predicted molar refractivity (Wildman–Crippen MR) is 99.6 cm³/mol. The monoisotopic (exact) mass is 383 g/mol. The summed E-state index contributed by atoms with van der Waals surface area (Å²) in [6, 6.07) is 12.5. The van der Waals surface area contributed by atoms with E-state index in [4.69, 9.17) is 27.9 Å². The van der Waals surface area contributed by atoms with Crippen LogP contribution >= 0.6 is 23.2 Å². The van der Waals surface area contributed by atoms with Crippen molar-refractivity contribution < 1.29 is 9.53 Å². The summed E-state index contributed by atoms with van der Waals surface area (Å²) in [6.07, 6.45) is 2.19. The van der Waals surface area contributed by atoms with Gasteiger partial charge in [0.2, 0.25) is 5.88 Å². The van der Waals surface area contributed by atoms with E-state index in [1.165, 1.54) is 13.3 Å². The fourth-order valence-corrected chi connectivity index (χ4v) is 2.96. The lowest BCUT2D eigenvalue weighted by atomic mass is 9.95. The molecule has 128 valence electrons. The third-order valence-electron chi connectivity index (χ3n) is 3.80. The number of aldehydes is 1. The van der Waals surface area contributed by atoms with Crippen LogP contribution in [0.3, 0.4) is 0 Å². The minimum absolute atomic E-state index is 0.161. The van der Waals surface area contributed by atoms with E-state index in [1.54, 1.807) is 36.4 Å². The fourth-order valence-electron chi connectivity index (χ4n) is 2.59. The summed E-state index contributed by atoms with van der Waals surface area (Å²) in [4.78, 5) is 19.3. The molecular weight excluding hydrogens is 373 g/mol. The third-order valence-corrected chi connectivity index (χ3v) is 4.56. The number of nitrogens with zero attached hydrogens (tertiary/aromatic N) is 3. The number of methoxy groups -OCH3 is 1. The van der Waals surface area contributed by atoms with Gasteiger partial charge < -0.3 is 4.74 Å². The number of rotatable bonds is 4. The van der Waals surface area contributed by atoms with Crippen LogP contribution in [-0.4, -0.2) is 23.4 Å². The molecule has 3 rings (SSSR count). The molecular formula is C19H11Cl2N3O2. The van der Waals surface area contributed by atoms with Crippen molar-refractivity contribution in [2.75, 3.05) is 7.11 Å². The van der Waals surface area contributed by atoms with Crippen molar-refractivity contribution in [3.63, 3.8) is 0 Å². The summed E-state index contributed by atoms with van der Waals surface area (Å²) < 4.78 is 5.15. The Balaban J connectivity index is 2.24. The smallest absolute Gasteiger partial charge is 0.224 e. The van der Waals surface area contributed by atoms with Crippen molar-refractivity contribution in [2.24, 2.45) is 0 Å². The molecule has 0 bridgehead atoms. The number of halogens is 2. The van der Waals surface area contributed by atoms with E-state index >= 15 is 0 Å². The van der Waals surface area contributed by atoms with E-state index in [0.29, 0.717) is 39.8 Å². The average Bonchev–Trinajstić information content (AvgIpc) is 2.68. The largest absolute Gasteiger partial charge is 0.480 e. The lowest BCUT2D eigenvalue weighted by Crippen LogP contribution is -1.98. The number of hydrogen-bond acceptors (Lipinski definition) is 5. The minimum Gasteiger partial charge on any atom is -0.480 e. The number of carbonyl (C=O) groups is 1. The van der Waals surface area contributed by atoms with Gasteiger partial charge in [0.05, 0.1) is 29.0 Å². The van der Waals surface area contributed by atoms with Crippen LogP contribution in [-0.2, 0) is 0 Å². The summed E-state index contributed by atoms with van der Waals surface area (Å²) in [6.45, 7) is 0. The molecule has 2 aromatic heterocycles. The van der Waals surface area contributed by atoms with Gasteiger partial charge in [-0.05, 0) is 18.2 Å². The molecule has 5 nitrogen and oxygen atoms in total. The highest BCUT2D eigenvalue weighted by Gasteiger charge is 2.17. The molecule has 2 heterocycles. The standard InChI is InChI=1S/C19H11Cl2N3O2/c1-26-19-11(10-25)5-6-16(24-19)13-4-2-3-12(15(13)9-22)14-7-8-23-18(21)17(14)20/h2-8,10H,1H3. The second kappa shape index (κ2) is 7.52. The Morgan fingerprint density at radius 1 is 1.12 bits per heavy atom. The van der Waals surface area contributed by atoms with E-state index in [-0.39, 0.29) is 16.1 Å². The first-order valence-electron chi connectivity index (χ1n) is 7.44. The van der Waals surface area contributed by atoms with Gasteiger partial charge in [-0.1, -0.05) is 41.4 Å². The molecule has 0 saturated heterocycles. The second-order valence-corrected chi connectivity index (χ2v) is 5.95. The van der Waals surface area contributed by atoms with E-state index in [2.05, 4.69) is 16.0 Å². The predicted octanol–water partition coefficient (Wildman–Crippen LogP) is 4.81. The maximum absolute atomic E-state index is 11.1. The van der Waals surface area contributed by atoms with Crippen LogP contribution in [0.15, 0.2) is 42.6 Å². The molecule has 0 atom stereocenters. The van der Waals surface area contributed by atoms with E-state index in [1.807, 2.05) is 0 Å². The number of aromatic nitrogens is 2. The topological polar surface area (TPSA) is 75.9 Å². The van der Waals surface area contributed by atoms with Crippen LogP contribution < -0.4 is 4.74 Å². The quantitative estimate of drug-likeness (QED) is 0.477. The van der Waals surface area contributed by atoms with Crippen molar-refractivity contribution in [1.29, 1.82) is 5.26 Å². The van der Waals surface area contributed by atoms with Gasteiger partial charge in [0, 0.05) is 22.9 Å². The molecule has 0 saturated carbocycles. The Bertz CT molecular complexity index is 1050. The molecule has 0 spiro atoms. The van der Waals surface area contributed by atoms with Crippen LogP contribution in [0, 0.1) is 11.3 Å². The average molecular weight is 384 g/mol. The van der Waals surface area contributed by atoms with Gasteiger partial charge in [-0.2, -0.15) is 5.26 Å². The lowest BCUT2D eigenvalue weighted by Gasteiger charge is -2.12. The summed E-state index contributed by atoms with van der Waals surface area (Å²) in [5.41, 5.74) is 3.01. The third kappa shape index (κ3) is 3.13.